The molecule has 0 aliphatic heterocycles. The van der Waals surface area contributed by atoms with Crippen LogP contribution in [-0.4, -0.2) is 27.4 Å². The Morgan fingerprint density at radius 2 is 1.90 bits per heavy atom. The van der Waals surface area contributed by atoms with Crippen molar-refractivity contribution in [1.82, 2.24) is 20.9 Å². The molecule has 150 valence electrons. The lowest BCUT2D eigenvalue weighted by Crippen LogP contribution is -2.35. The second-order valence-electron chi connectivity index (χ2n) is 5.78. The highest BCUT2D eigenvalue weighted by Gasteiger charge is 2.18. The second-order valence-corrected chi connectivity index (χ2v) is 6.19. The Kier molecular flexibility index (Phi) is 6.59. The van der Waals surface area contributed by atoms with Gasteiger partial charge in [0.25, 0.3) is 0 Å². The molecule has 0 spiro atoms. The minimum absolute atomic E-state index is 0.0374. The Hall–Kier alpha value is -3.66. The van der Waals surface area contributed by atoms with E-state index in [4.69, 9.17) is 11.6 Å². The third kappa shape index (κ3) is 5.42. The number of anilines is 1. The SMILES string of the molecule is O=C(NCc1ccccc1)NCc1nonc1/C(=N/O)Nc1ccc(F)c(Cl)c1. The molecule has 0 fully saturated rings. The van der Waals surface area contributed by atoms with Crippen LogP contribution in [0.5, 0.6) is 0 Å². The number of nitrogens with one attached hydrogen (secondary N) is 3. The Labute approximate surface area is 169 Å². The highest BCUT2D eigenvalue weighted by molar-refractivity contribution is 6.31. The summed E-state index contributed by atoms with van der Waals surface area (Å²) >= 11 is 5.74. The number of oxime groups is 1. The lowest BCUT2D eigenvalue weighted by Gasteiger charge is -2.09. The molecular weight excluding hydrogens is 403 g/mol. The molecule has 4 N–H and O–H groups in total. The van der Waals surface area contributed by atoms with Crippen LogP contribution in [-0.2, 0) is 13.1 Å². The summed E-state index contributed by atoms with van der Waals surface area (Å²) in [6, 6.07) is 12.8. The van der Waals surface area contributed by atoms with E-state index in [9.17, 15) is 14.4 Å². The van der Waals surface area contributed by atoms with Crippen LogP contribution in [0.4, 0.5) is 14.9 Å². The maximum absolute atomic E-state index is 13.3. The van der Waals surface area contributed by atoms with Crippen LogP contribution in [0.2, 0.25) is 5.02 Å². The fourth-order valence-corrected chi connectivity index (χ4v) is 2.53. The van der Waals surface area contributed by atoms with Crippen LogP contribution in [0.15, 0.2) is 58.3 Å². The van der Waals surface area contributed by atoms with Crippen molar-refractivity contribution in [3.8, 4) is 0 Å². The Bertz CT molecular complexity index is 1010. The smallest absolute Gasteiger partial charge is 0.315 e. The van der Waals surface area contributed by atoms with Gasteiger partial charge in [0.1, 0.15) is 11.5 Å². The van der Waals surface area contributed by atoms with Crippen molar-refractivity contribution >= 4 is 29.2 Å². The molecule has 3 aromatic rings. The Balaban J connectivity index is 1.60. The van der Waals surface area contributed by atoms with E-state index in [1.807, 2.05) is 30.3 Å². The molecule has 2 amide bonds. The number of hydrogen-bond donors (Lipinski definition) is 4. The van der Waals surface area contributed by atoms with Gasteiger partial charge in [0.05, 0.1) is 11.6 Å². The van der Waals surface area contributed by atoms with Gasteiger partial charge in [0.15, 0.2) is 5.69 Å². The molecule has 9 nitrogen and oxygen atoms in total. The van der Waals surface area contributed by atoms with Gasteiger partial charge in [-0.3, -0.25) is 0 Å². The molecule has 0 unspecified atom stereocenters. The number of amides is 2. The standard InChI is InChI=1S/C18H16ClFN6O3/c19-13-8-12(6-7-14(13)20)23-17(24-28)16-15(25-29-26-16)10-22-18(27)21-9-11-4-2-1-3-5-11/h1-8,28H,9-10H2,(H,23,24)(H2,21,22,27). The molecule has 3 rings (SSSR count). The van der Waals surface area contributed by atoms with Crippen LogP contribution in [0.3, 0.4) is 0 Å². The summed E-state index contributed by atoms with van der Waals surface area (Å²) in [4.78, 5) is 12.0. The van der Waals surface area contributed by atoms with E-state index in [2.05, 4.69) is 36.0 Å². The van der Waals surface area contributed by atoms with Crippen molar-refractivity contribution < 1.29 is 19.0 Å². The van der Waals surface area contributed by atoms with Gasteiger partial charge in [0, 0.05) is 12.2 Å². The summed E-state index contributed by atoms with van der Waals surface area (Å²) in [7, 11) is 0. The molecule has 1 aromatic heterocycles. The van der Waals surface area contributed by atoms with Crippen LogP contribution in [0.25, 0.3) is 0 Å². The van der Waals surface area contributed by atoms with E-state index < -0.39 is 11.8 Å². The van der Waals surface area contributed by atoms with E-state index in [0.29, 0.717) is 12.2 Å². The molecule has 0 saturated heterocycles. The number of rotatable bonds is 6. The van der Waals surface area contributed by atoms with Gasteiger partial charge in [-0.15, -0.1) is 0 Å². The summed E-state index contributed by atoms with van der Waals surface area (Å²) in [6.07, 6.45) is 0. The quantitative estimate of drug-likeness (QED) is 0.211. The molecule has 0 aliphatic carbocycles. The molecule has 1 heterocycles. The minimum Gasteiger partial charge on any atom is -0.409 e. The lowest BCUT2D eigenvalue weighted by atomic mass is 10.2. The van der Waals surface area contributed by atoms with E-state index in [-0.39, 0.29) is 28.8 Å². The molecule has 0 bridgehead atoms. The van der Waals surface area contributed by atoms with Crippen molar-refractivity contribution in [1.29, 1.82) is 0 Å². The van der Waals surface area contributed by atoms with Gasteiger partial charge in [0.2, 0.25) is 5.84 Å². The van der Waals surface area contributed by atoms with Crippen LogP contribution in [0, 0.1) is 5.82 Å². The molecule has 0 atom stereocenters. The normalized spacial score (nSPS) is 11.2. The lowest BCUT2D eigenvalue weighted by molar-refractivity contribution is 0.239. The molecule has 0 aliphatic rings. The van der Waals surface area contributed by atoms with Gasteiger partial charge >= 0.3 is 6.03 Å². The zero-order chi connectivity index (χ0) is 20.6. The summed E-state index contributed by atoms with van der Waals surface area (Å²) in [5, 5.41) is 27.7. The van der Waals surface area contributed by atoms with Crippen LogP contribution < -0.4 is 16.0 Å². The van der Waals surface area contributed by atoms with Crippen LogP contribution in [0.1, 0.15) is 17.0 Å². The van der Waals surface area contributed by atoms with Crippen molar-refractivity contribution in [3.63, 3.8) is 0 Å². The second kappa shape index (κ2) is 9.51. The monoisotopic (exact) mass is 418 g/mol. The number of amidine groups is 1. The van der Waals surface area contributed by atoms with Gasteiger partial charge in [-0.1, -0.05) is 52.2 Å². The predicted octanol–water partition coefficient (Wildman–Crippen LogP) is 3.11. The average Bonchev–Trinajstić information content (AvgIpc) is 3.20. The largest absolute Gasteiger partial charge is 0.409 e. The van der Waals surface area contributed by atoms with Gasteiger partial charge in [-0.05, 0) is 28.9 Å². The number of nitrogens with zero attached hydrogens (tertiary/aromatic N) is 3. The molecular formula is C18H16ClFN6O3. The maximum Gasteiger partial charge on any atom is 0.315 e. The first-order chi connectivity index (χ1) is 14.1. The van der Waals surface area contributed by atoms with Crippen LogP contribution >= 0.6 is 11.6 Å². The first kappa shape index (κ1) is 20.1. The van der Waals surface area contributed by atoms with E-state index >= 15 is 0 Å². The predicted molar refractivity (Wildman–Crippen MR) is 103 cm³/mol. The Morgan fingerprint density at radius 1 is 1.14 bits per heavy atom. The van der Waals surface area contributed by atoms with Gasteiger partial charge in [-0.25, -0.2) is 13.8 Å². The van der Waals surface area contributed by atoms with Gasteiger partial charge in [-0.2, -0.15) is 0 Å². The number of halogens is 2. The summed E-state index contributed by atoms with van der Waals surface area (Å²) in [6.45, 7) is 0.317. The molecule has 0 radical (unpaired) electrons. The fraction of sp³-hybridized carbons (Fsp3) is 0.111. The van der Waals surface area contributed by atoms with Crippen molar-refractivity contribution in [2.24, 2.45) is 5.16 Å². The fourth-order valence-electron chi connectivity index (χ4n) is 2.35. The third-order valence-corrected chi connectivity index (χ3v) is 4.07. The molecule has 29 heavy (non-hydrogen) atoms. The zero-order valence-electron chi connectivity index (χ0n) is 14.9. The topological polar surface area (TPSA) is 125 Å². The molecule has 2 aromatic carbocycles. The van der Waals surface area contributed by atoms with Crippen molar-refractivity contribution in [3.05, 3.63) is 76.3 Å². The minimum atomic E-state index is -0.589. The zero-order valence-corrected chi connectivity index (χ0v) is 15.7. The number of hydrogen-bond acceptors (Lipinski definition) is 6. The first-order valence-corrected chi connectivity index (χ1v) is 8.76. The highest BCUT2D eigenvalue weighted by atomic mass is 35.5. The number of urea groups is 1. The highest BCUT2D eigenvalue weighted by Crippen LogP contribution is 2.20. The Morgan fingerprint density at radius 3 is 2.62 bits per heavy atom. The van der Waals surface area contributed by atoms with E-state index in [1.165, 1.54) is 12.1 Å². The number of carbonyl (C=O) groups excluding carboxylic acids is 1. The van der Waals surface area contributed by atoms with Crippen molar-refractivity contribution in [2.45, 2.75) is 13.1 Å². The first-order valence-electron chi connectivity index (χ1n) is 8.38. The molecule has 0 saturated carbocycles. The maximum atomic E-state index is 13.3. The number of aromatic nitrogens is 2. The van der Waals surface area contributed by atoms with E-state index in [0.717, 1.165) is 11.6 Å². The average molecular weight is 419 g/mol. The van der Waals surface area contributed by atoms with Crippen molar-refractivity contribution in [2.75, 3.05) is 5.32 Å². The summed E-state index contributed by atoms with van der Waals surface area (Å²) in [5.74, 6) is -0.704. The summed E-state index contributed by atoms with van der Waals surface area (Å²) < 4.78 is 18.0. The summed E-state index contributed by atoms with van der Waals surface area (Å²) in [5.41, 5.74) is 1.58. The van der Waals surface area contributed by atoms with Gasteiger partial charge < -0.3 is 21.2 Å². The number of benzene rings is 2. The number of carbonyl (C=O) groups is 1. The molecule has 11 heteroatoms. The van der Waals surface area contributed by atoms with E-state index in [1.54, 1.807) is 0 Å². The third-order valence-electron chi connectivity index (χ3n) is 3.78.